The van der Waals surface area contributed by atoms with E-state index in [9.17, 15) is 23.2 Å². The van der Waals surface area contributed by atoms with Gasteiger partial charge in [0.2, 0.25) is 0 Å². The maximum absolute atomic E-state index is 12.8. The summed E-state index contributed by atoms with van der Waals surface area (Å²) in [4.78, 5) is 27.5. The van der Waals surface area contributed by atoms with Gasteiger partial charge in [0.1, 0.15) is 17.9 Å². The second-order valence-electron chi connectivity index (χ2n) is 7.66. The van der Waals surface area contributed by atoms with Crippen LogP contribution in [0.1, 0.15) is 23.2 Å². The van der Waals surface area contributed by atoms with E-state index in [0.717, 1.165) is 31.5 Å². The number of hydrogen-bond donors (Lipinski definition) is 1. The number of anilines is 2. The van der Waals surface area contributed by atoms with Crippen LogP contribution in [0.2, 0.25) is 0 Å². The highest BCUT2D eigenvalue weighted by molar-refractivity contribution is 6.05. The Kier molecular flexibility index (Phi) is 6.58. The number of ether oxygens (including phenoxy) is 1. The lowest BCUT2D eigenvalue weighted by atomic mass is 9.98. The fourth-order valence-corrected chi connectivity index (χ4v) is 3.70. The number of rotatable bonds is 5. The number of pyridine rings is 1. The minimum Gasteiger partial charge on any atom is -0.406 e. The van der Waals surface area contributed by atoms with Crippen LogP contribution in [0, 0.1) is 17.2 Å². The van der Waals surface area contributed by atoms with Crippen LogP contribution >= 0.6 is 0 Å². The molecule has 0 unspecified atom stereocenters. The highest BCUT2D eigenvalue weighted by atomic mass is 19.4. The molecule has 11 heteroatoms. The van der Waals surface area contributed by atoms with E-state index in [-0.39, 0.29) is 17.2 Å². The molecular weight excluding hydrogens is 449 g/mol. The first kappa shape index (κ1) is 23.0. The van der Waals surface area contributed by atoms with Crippen LogP contribution in [0.15, 0.2) is 55.2 Å². The molecule has 34 heavy (non-hydrogen) atoms. The molecule has 2 aromatic heterocycles. The summed E-state index contributed by atoms with van der Waals surface area (Å²) < 4.78 is 40.8. The minimum absolute atomic E-state index is 0.109. The van der Waals surface area contributed by atoms with Crippen LogP contribution in [0.25, 0.3) is 11.1 Å². The number of halogens is 3. The van der Waals surface area contributed by atoms with Gasteiger partial charge >= 0.3 is 6.36 Å². The molecule has 1 atom stereocenters. The largest absolute Gasteiger partial charge is 0.573 e. The first-order valence-corrected chi connectivity index (χ1v) is 10.4. The first-order chi connectivity index (χ1) is 16.3. The summed E-state index contributed by atoms with van der Waals surface area (Å²) in [5.74, 6) is -0.363. The zero-order valence-electron chi connectivity index (χ0n) is 17.8. The lowest BCUT2D eigenvalue weighted by Gasteiger charge is -2.32. The van der Waals surface area contributed by atoms with Crippen molar-refractivity contribution in [2.24, 2.45) is 5.92 Å². The van der Waals surface area contributed by atoms with Gasteiger partial charge in [0.15, 0.2) is 0 Å². The van der Waals surface area contributed by atoms with E-state index in [1.54, 1.807) is 18.5 Å². The lowest BCUT2D eigenvalue weighted by molar-refractivity contribution is -0.274. The number of amides is 1. The molecule has 1 saturated heterocycles. The number of alkyl halides is 3. The molecule has 0 bridgehead atoms. The van der Waals surface area contributed by atoms with Crippen molar-refractivity contribution >= 4 is 17.4 Å². The van der Waals surface area contributed by atoms with E-state index in [4.69, 9.17) is 0 Å². The normalized spacial score (nSPS) is 15.9. The third-order valence-electron chi connectivity index (χ3n) is 5.25. The molecule has 0 radical (unpaired) electrons. The van der Waals surface area contributed by atoms with Crippen molar-refractivity contribution in [1.82, 2.24) is 15.0 Å². The van der Waals surface area contributed by atoms with Gasteiger partial charge in [0.05, 0.1) is 17.6 Å². The molecule has 174 valence electrons. The lowest BCUT2D eigenvalue weighted by Crippen LogP contribution is -2.35. The Labute approximate surface area is 193 Å². The van der Waals surface area contributed by atoms with Gasteiger partial charge in [0.25, 0.3) is 5.91 Å². The highest BCUT2D eigenvalue weighted by Gasteiger charge is 2.31. The number of carbonyl (C=O) groups excluding carboxylic acids is 1. The molecule has 3 heterocycles. The molecule has 1 aliphatic rings. The van der Waals surface area contributed by atoms with Gasteiger partial charge in [-0.3, -0.25) is 4.79 Å². The molecule has 1 fully saturated rings. The first-order valence-electron chi connectivity index (χ1n) is 10.4. The number of hydrogen-bond acceptors (Lipinski definition) is 7. The van der Waals surface area contributed by atoms with Gasteiger partial charge in [-0.2, -0.15) is 5.26 Å². The molecule has 1 N–H and O–H groups in total. The van der Waals surface area contributed by atoms with Crippen molar-refractivity contribution in [3.05, 3.63) is 60.8 Å². The second kappa shape index (κ2) is 9.74. The van der Waals surface area contributed by atoms with Gasteiger partial charge in [-0.05, 0) is 43.2 Å². The van der Waals surface area contributed by atoms with Crippen molar-refractivity contribution in [2.75, 3.05) is 23.3 Å². The van der Waals surface area contributed by atoms with Crippen molar-refractivity contribution in [1.29, 1.82) is 5.26 Å². The Bertz CT molecular complexity index is 1200. The third-order valence-corrected chi connectivity index (χ3v) is 5.25. The molecule has 4 rings (SSSR count). The molecule has 1 aromatic carbocycles. The predicted octanol–water partition coefficient (Wildman–Crippen LogP) is 4.43. The van der Waals surface area contributed by atoms with Crippen molar-refractivity contribution in [3.8, 4) is 22.9 Å². The highest BCUT2D eigenvalue weighted by Crippen LogP contribution is 2.32. The van der Waals surface area contributed by atoms with Crippen molar-refractivity contribution in [2.45, 2.75) is 19.2 Å². The average Bonchev–Trinajstić information content (AvgIpc) is 2.84. The number of aromatic nitrogens is 3. The van der Waals surface area contributed by atoms with Gasteiger partial charge in [0, 0.05) is 48.5 Å². The number of benzene rings is 1. The van der Waals surface area contributed by atoms with Crippen LogP contribution < -0.4 is 15.0 Å². The Hall–Kier alpha value is -4.20. The van der Waals surface area contributed by atoms with Crippen molar-refractivity contribution < 1.29 is 22.7 Å². The van der Waals surface area contributed by atoms with E-state index >= 15 is 0 Å². The minimum atomic E-state index is -4.79. The fraction of sp³-hybridized carbons (Fsp3) is 0.261. The van der Waals surface area contributed by atoms with Crippen LogP contribution in [0.4, 0.5) is 24.7 Å². The Morgan fingerprint density at radius 2 is 1.91 bits per heavy atom. The molecule has 8 nitrogen and oxygen atoms in total. The number of nitriles is 1. The van der Waals surface area contributed by atoms with Crippen LogP contribution in [-0.4, -0.2) is 40.3 Å². The summed E-state index contributed by atoms with van der Waals surface area (Å²) >= 11 is 0. The monoisotopic (exact) mass is 468 g/mol. The Morgan fingerprint density at radius 1 is 1.18 bits per heavy atom. The zero-order chi connectivity index (χ0) is 24.1. The number of nitrogens with one attached hydrogen (secondary N) is 1. The smallest absolute Gasteiger partial charge is 0.406 e. The van der Waals surface area contributed by atoms with Gasteiger partial charge < -0.3 is 15.0 Å². The SMILES string of the molecule is N#C[C@@H]1CCCN(c2ncc(C(=O)Nc3ccc(OC(F)(F)F)cc3)cc2-c2cncnc2)C1. The molecular formula is C23H19F3N6O2. The maximum atomic E-state index is 12.8. The van der Waals surface area contributed by atoms with Gasteiger partial charge in [-0.15, -0.1) is 13.2 Å². The summed E-state index contributed by atoms with van der Waals surface area (Å²) in [6, 6.07) is 8.80. The fourth-order valence-electron chi connectivity index (χ4n) is 3.70. The second-order valence-corrected chi connectivity index (χ2v) is 7.66. The third kappa shape index (κ3) is 5.58. The average molecular weight is 468 g/mol. The topological polar surface area (TPSA) is 104 Å². The van der Waals surface area contributed by atoms with E-state index < -0.39 is 12.3 Å². The molecule has 1 aliphatic heterocycles. The molecule has 0 saturated carbocycles. The van der Waals surface area contributed by atoms with Crippen LogP contribution in [-0.2, 0) is 0 Å². The quantitative estimate of drug-likeness (QED) is 0.591. The summed E-state index contributed by atoms with van der Waals surface area (Å²) in [6.45, 7) is 1.26. The van der Waals surface area contributed by atoms with Crippen LogP contribution in [0.3, 0.4) is 0 Å². The van der Waals surface area contributed by atoms with Crippen molar-refractivity contribution in [3.63, 3.8) is 0 Å². The van der Waals surface area contributed by atoms with Crippen LogP contribution in [0.5, 0.6) is 5.75 Å². The predicted molar refractivity (Wildman–Crippen MR) is 117 cm³/mol. The zero-order valence-corrected chi connectivity index (χ0v) is 17.8. The summed E-state index contributed by atoms with van der Waals surface area (Å²) in [5.41, 5.74) is 1.83. The van der Waals surface area contributed by atoms with E-state index in [1.807, 2.05) is 4.90 Å². The van der Waals surface area contributed by atoms with E-state index in [2.05, 4.69) is 31.1 Å². The molecule has 0 aliphatic carbocycles. The number of piperidine rings is 1. The summed E-state index contributed by atoms with van der Waals surface area (Å²) in [5, 5.41) is 12.0. The number of carbonyl (C=O) groups is 1. The standard InChI is InChI=1S/C23H19F3N6O2/c24-23(25,26)34-19-5-3-18(4-6-19)31-22(33)16-8-20(17-10-28-14-29-11-17)21(30-12-16)32-7-1-2-15(9-27)13-32/h3-6,8,10-12,14-15H,1-2,7,13H2,(H,31,33)/t15-/m0/s1. The molecule has 0 spiro atoms. The summed E-state index contributed by atoms with van der Waals surface area (Å²) in [7, 11) is 0. The van der Waals surface area contributed by atoms with Gasteiger partial charge in [-0.25, -0.2) is 15.0 Å². The molecule has 3 aromatic rings. The Morgan fingerprint density at radius 3 is 2.59 bits per heavy atom. The number of nitrogens with zero attached hydrogens (tertiary/aromatic N) is 5. The van der Waals surface area contributed by atoms with Gasteiger partial charge in [-0.1, -0.05) is 0 Å². The maximum Gasteiger partial charge on any atom is 0.573 e. The van der Waals surface area contributed by atoms with E-state index in [0.29, 0.717) is 29.2 Å². The molecule has 1 amide bonds. The Balaban J connectivity index is 1.59. The summed E-state index contributed by atoms with van der Waals surface area (Å²) in [6.07, 6.45) is 2.92. The van der Waals surface area contributed by atoms with E-state index in [1.165, 1.54) is 24.7 Å².